The summed E-state index contributed by atoms with van der Waals surface area (Å²) in [4.78, 5) is 20.4. The van der Waals surface area contributed by atoms with E-state index in [1.54, 1.807) is 29.8 Å². The summed E-state index contributed by atoms with van der Waals surface area (Å²) >= 11 is 1.17. The molecule has 3 aromatic rings. The number of halogens is 3. The number of hydrazine groups is 1. The van der Waals surface area contributed by atoms with Gasteiger partial charge in [0, 0.05) is 23.2 Å². The van der Waals surface area contributed by atoms with Crippen LogP contribution in [0.25, 0.3) is 16.6 Å². The zero-order chi connectivity index (χ0) is 19.4. The van der Waals surface area contributed by atoms with Crippen molar-refractivity contribution in [3.63, 3.8) is 0 Å². The lowest BCUT2D eigenvalue weighted by molar-refractivity contribution is -0.137. The van der Waals surface area contributed by atoms with E-state index in [0.29, 0.717) is 16.3 Å². The van der Waals surface area contributed by atoms with Crippen LogP contribution < -0.4 is 10.9 Å². The highest BCUT2D eigenvalue weighted by Gasteiger charge is 2.30. The Balaban J connectivity index is 1.73. The summed E-state index contributed by atoms with van der Waals surface area (Å²) in [7, 11) is 0. The zero-order valence-corrected chi connectivity index (χ0v) is 14.5. The van der Waals surface area contributed by atoms with Crippen molar-refractivity contribution in [2.24, 2.45) is 5.84 Å². The zero-order valence-electron chi connectivity index (χ0n) is 13.7. The third-order valence-electron chi connectivity index (χ3n) is 3.52. The van der Waals surface area contributed by atoms with Crippen molar-refractivity contribution < 1.29 is 18.0 Å². The predicted molar refractivity (Wildman–Crippen MR) is 97.5 cm³/mol. The molecule has 0 unspecified atom stereocenters. The molecule has 138 valence electrons. The molecule has 0 aliphatic carbocycles. The number of carbonyl (C=O) groups is 1. The molecule has 1 amide bonds. The molecule has 0 saturated carbocycles. The molecule has 27 heavy (non-hydrogen) atoms. The Kier molecular flexibility index (Phi) is 5.33. The van der Waals surface area contributed by atoms with Crippen molar-refractivity contribution in [2.75, 3.05) is 5.01 Å². The summed E-state index contributed by atoms with van der Waals surface area (Å²) in [6.45, 7) is 0. The number of carbonyl (C=O) groups excluding carboxylic acids is 1. The van der Waals surface area contributed by atoms with Crippen LogP contribution in [0.1, 0.15) is 11.3 Å². The molecular formula is C18H13F3N4OS. The number of hydrogen-bond acceptors (Lipinski definition) is 5. The first-order chi connectivity index (χ1) is 12.8. The summed E-state index contributed by atoms with van der Waals surface area (Å²) in [5.74, 6) is 5.47. The molecule has 0 spiro atoms. The van der Waals surface area contributed by atoms with E-state index < -0.39 is 17.6 Å². The highest BCUT2D eigenvalue weighted by molar-refractivity contribution is 7.13. The van der Waals surface area contributed by atoms with Crippen LogP contribution in [-0.2, 0) is 11.0 Å². The fraction of sp³-hybridized carbons (Fsp3) is 0.0556. The van der Waals surface area contributed by atoms with Gasteiger partial charge in [-0.3, -0.25) is 9.78 Å². The smallest absolute Gasteiger partial charge is 0.268 e. The number of aromatic nitrogens is 2. The van der Waals surface area contributed by atoms with Crippen molar-refractivity contribution in [2.45, 2.75) is 6.18 Å². The van der Waals surface area contributed by atoms with Gasteiger partial charge in [0.05, 0.1) is 11.3 Å². The average Bonchev–Trinajstić information content (AvgIpc) is 3.16. The van der Waals surface area contributed by atoms with Crippen LogP contribution in [-0.4, -0.2) is 15.9 Å². The van der Waals surface area contributed by atoms with Crippen LogP contribution in [0, 0.1) is 0 Å². The number of pyridine rings is 1. The predicted octanol–water partition coefficient (Wildman–Crippen LogP) is 4.14. The lowest BCUT2D eigenvalue weighted by Gasteiger charge is -2.10. The van der Waals surface area contributed by atoms with Crippen LogP contribution in [0.15, 0.2) is 60.1 Å². The van der Waals surface area contributed by atoms with Gasteiger partial charge in [-0.15, -0.1) is 11.3 Å². The Morgan fingerprint density at radius 1 is 1.15 bits per heavy atom. The second-order valence-electron chi connectivity index (χ2n) is 5.38. The molecule has 1 aromatic carbocycles. The normalized spacial score (nSPS) is 11.7. The molecule has 0 radical (unpaired) electrons. The summed E-state index contributed by atoms with van der Waals surface area (Å²) in [6.07, 6.45) is -0.0149. The molecule has 3 rings (SSSR count). The molecule has 0 aliphatic heterocycles. The summed E-state index contributed by atoms with van der Waals surface area (Å²) < 4.78 is 37.9. The molecule has 9 heteroatoms. The summed E-state index contributed by atoms with van der Waals surface area (Å²) in [6, 6.07) is 9.90. The molecule has 0 aliphatic rings. The first kappa shape index (κ1) is 18.7. The van der Waals surface area contributed by atoms with Crippen molar-refractivity contribution in [3.8, 4) is 10.6 Å². The van der Waals surface area contributed by atoms with E-state index in [4.69, 9.17) is 5.84 Å². The number of alkyl halides is 3. The van der Waals surface area contributed by atoms with Gasteiger partial charge in [0.25, 0.3) is 5.91 Å². The fourth-order valence-electron chi connectivity index (χ4n) is 2.13. The number of hydrogen-bond donors (Lipinski definition) is 1. The summed E-state index contributed by atoms with van der Waals surface area (Å²) in [5.41, 5.74) is 0.366. The van der Waals surface area contributed by atoms with Crippen molar-refractivity contribution in [1.29, 1.82) is 0 Å². The highest BCUT2D eigenvalue weighted by atomic mass is 32.1. The Morgan fingerprint density at radius 2 is 1.89 bits per heavy atom. The maximum Gasteiger partial charge on any atom is 0.416 e. The van der Waals surface area contributed by atoms with Crippen molar-refractivity contribution >= 4 is 29.1 Å². The molecular weight excluding hydrogens is 377 g/mol. The Morgan fingerprint density at radius 3 is 2.52 bits per heavy atom. The number of nitrogens with two attached hydrogens (primary N) is 1. The van der Waals surface area contributed by atoms with Gasteiger partial charge in [0.2, 0.25) is 0 Å². The van der Waals surface area contributed by atoms with E-state index in [9.17, 15) is 18.0 Å². The monoisotopic (exact) mass is 390 g/mol. The number of rotatable bonds is 4. The number of amides is 1. The first-order valence-electron chi connectivity index (χ1n) is 7.65. The van der Waals surface area contributed by atoms with Gasteiger partial charge < -0.3 is 0 Å². The lowest BCUT2D eigenvalue weighted by atomic mass is 10.1. The molecule has 0 fully saturated rings. The van der Waals surface area contributed by atoms with E-state index >= 15 is 0 Å². The second-order valence-corrected chi connectivity index (χ2v) is 6.24. The minimum atomic E-state index is -4.40. The quantitative estimate of drug-likeness (QED) is 0.314. The van der Waals surface area contributed by atoms with Crippen LogP contribution in [0.2, 0.25) is 0 Å². The largest absolute Gasteiger partial charge is 0.416 e. The number of benzene rings is 1. The van der Waals surface area contributed by atoms with Gasteiger partial charge in [-0.05, 0) is 30.3 Å². The lowest BCUT2D eigenvalue weighted by Crippen LogP contribution is -2.36. The molecule has 0 atom stereocenters. The van der Waals surface area contributed by atoms with E-state index in [2.05, 4.69) is 9.97 Å². The van der Waals surface area contributed by atoms with E-state index in [1.807, 2.05) is 0 Å². The molecule has 0 saturated heterocycles. The van der Waals surface area contributed by atoms with Crippen molar-refractivity contribution in [1.82, 2.24) is 9.97 Å². The Labute approximate surface area is 156 Å². The van der Waals surface area contributed by atoms with Crippen LogP contribution in [0.4, 0.5) is 19.0 Å². The standard InChI is InChI=1S/C18H13F3N4OS/c19-18(20,21)13-6-4-12(5-7-13)17-24-15(11-27-17)25(22)16(26)9-8-14-3-1-2-10-23-14/h1-11H,22H2. The Hall–Kier alpha value is -3.04. The molecule has 2 N–H and O–H groups in total. The molecule has 2 aromatic heterocycles. The van der Waals surface area contributed by atoms with Gasteiger partial charge in [0.15, 0.2) is 5.82 Å². The van der Waals surface area contributed by atoms with Crippen molar-refractivity contribution in [3.05, 3.63) is 71.4 Å². The minimum absolute atomic E-state index is 0.200. The second kappa shape index (κ2) is 7.68. The Bertz CT molecular complexity index is 953. The number of anilines is 1. The van der Waals surface area contributed by atoms with E-state index in [0.717, 1.165) is 17.1 Å². The maximum absolute atomic E-state index is 12.6. The van der Waals surface area contributed by atoms with Crippen LogP contribution in [0.5, 0.6) is 0 Å². The van der Waals surface area contributed by atoms with E-state index in [-0.39, 0.29) is 5.82 Å². The number of thiazole rings is 1. The number of nitrogens with zero attached hydrogens (tertiary/aromatic N) is 3. The van der Waals surface area contributed by atoms with Crippen LogP contribution >= 0.6 is 11.3 Å². The maximum atomic E-state index is 12.6. The molecule has 0 bridgehead atoms. The minimum Gasteiger partial charge on any atom is -0.268 e. The first-order valence-corrected chi connectivity index (χ1v) is 8.53. The third kappa shape index (κ3) is 4.57. The van der Waals surface area contributed by atoms with Gasteiger partial charge in [-0.2, -0.15) is 13.2 Å². The van der Waals surface area contributed by atoms with Crippen LogP contribution in [0.3, 0.4) is 0 Å². The van der Waals surface area contributed by atoms with E-state index in [1.165, 1.54) is 35.6 Å². The third-order valence-corrected chi connectivity index (χ3v) is 4.40. The van der Waals surface area contributed by atoms with Gasteiger partial charge in [-0.1, -0.05) is 18.2 Å². The molecule has 5 nitrogen and oxygen atoms in total. The van der Waals surface area contributed by atoms with Gasteiger partial charge >= 0.3 is 6.18 Å². The fourth-order valence-corrected chi connectivity index (χ4v) is 2.94. The van der Waals surface area contributed by atoms with Gasteiger partial charge in [0.1, 0.15) is 5.01 Å². The summed E-state index contributed by atoms with van der Waals surface area (Å²) in [5, 5.41) is 2.87. The SMILES string of the molecule is NN(C(=O)C=Cc1ccccn1)c1csc(-c2ccc(C(F)(F)F)cc2)n1. The topological polar surface area (TPSA) is 72.1 Å². The highest BCUT2D eigenvalue weighted by Crippen LogP contribution is 2.32. The average molecular weight is 390 g/mol. The van der Waals surface area contributed by atoms with Gasteiger partial charge in [-0.25, -0.2) is 15.8 Å². The molecule has 2 heterocycles.